The third-order valence-electron chi connectivity index (χ3n) is 4.05. The van der Waals surface area contributed by atoms with Crippen molar-refractivity contribution in [1.82, 2.24) is 0 Å². The first-order chi connectivity index (χ1) is 13.1. The summed E-state index contributed by atoms with van der Waals surface area (Å²) in [5.41, 5.74) is 3.04. The first kappa shape index (κ1) is 20.4. The Kier molecular flexibility index (Phi) is 5.52. The van der Waals surface area contributed by atoms with Crippen molar-refractivity contribution < 1.29 is 21.0 Å². The Bertz CT molecular complexity index is 1210. The summed E-state index contributed by atoms with van der Waals surface area (Å²) in [5, 5.41) is -0.122. The zero-order chi connectivity index (χ0) is 20.5. The predicted molar refractivity (Wildman–Crippen MR) is 109 cm³/mol. The summed E-state index contributed by atoms with van der Waals surface area (Å²) in [7, 11) is -7.90. The molecule has 0 atom stereocenters. The third kappa shape index (κ3) is 4.55. The molecule has 28 heavy (non-hydrogen) atoms. The minimum absolute atomic E-state index is 0.0942. The summed E-state index contributed by atoms with van der Waals surface area (Å²) >= 11 is 5.96. The molecule has 0 radical (unpaired) electrons. The fourth-order valence-corrected chi connectivity index (χ4v) is 4.68. The van der Waals surface area contributed by atoms with Gasteiger partial charge in [0.05, 0.1) is 9.92 Å². The van der Waals surface area contributed by atoms with Crippen LogP contribution in [-0.4, -0.2) is 23.1 Å². The standard InChI is InChI=1S/C20H17ClO5S2/c1-14-3-5-15(6-4-14)16-7-9-17(10-8-16)26-28(24,25)20-13-18(27(2,22)23)11-12-19(20)21/h3-13H,1-2H3. The van der Waals surface area contributed by atoms with E-state index in [4.69, 9.17) is 15.8 Å². The lowest BCUT2D eigenvalue weighted by Crippen LogP contribution is -2.11. The first-order valence-electron chi connectivity index (χ1n) is 8.17. The first-order valence-corrected chi connectivity index (χ1v) is 11.9. The van der Waals surface area contributed by atoms with E-state index in [-0.39, 0.29) is 15.7 Å². The van der Waals surface area contributed by atoms with Crippen molar-refractivity contribution in [3.05, 3.63) is 77.3 Å². The fourth-order valence-electron chi connectivity index (χ4n) is 2.53. The van der Waals surface area contributed by atoms with Crippen LogP contribution < -0.4 is 4.18 Å². The van der Waals surface area contributed by atoms with Gasteiger partial charge in [-0.2, -0.15) is 8.42 Å². The van der Waals surface area contributed by atoms with E-state index in [9.17, 15) is 16.8 Å². The van der Waals surface area contributed by atoms with Crippen LogP contribution in [0, 0.1) is 6.92 Å². The summed E-state index contributed by atoms with van der Waals surface area (Å²) in [5.74, 6) is 0.0942. The lowest BCUT2D eigenvalue weighted by atomic mass is 10.0. The van der Waals surface area contributed by atoms with Crippen LogP contribution in [0.1, 0.15) is 5.56 Å². The topological polar surface area (TPSA) is 77.5 Å². The maximum absolute atomic E-state index is 12.6. The van der Waals surface area contributed by atoms with Crippen LogP contribution >= 0.6 is 11.6 Å². The molecule has 3 rings (SSSR count). The summed E-state index contributed by atoms with van der Waals surface area (Å²) < 4.78 is 53.7. The molecule has 8 heteroatoms. The second kappa shape index (κ2) is 7.58. The summed E-state index contributed by atoms with van der Waals surface area (Å²) in [4.78, 5) is -0.562. The molecule has 0 saturated heterocycles. The normalized spacial score (nSPS) is 12.0. The quantitative estimate of drug-likeness (QED) is 0.551. The van der Waals surface area contributed by atoms with E-state index in [0.29, 0.717) is 0 Å². The Morgan fingerprint density at radius 2 is 1.32 bits per heavy atom. The largest absolute Gasteiger partial charge is 0.379 e. The van der Waals surface area contributed by atoms with Crippen LogP contribution in [0.3, 0.4) is 0 Å². The summed E-state index contributed by atoms with van der Waals surface area (Å²) in [6, 6.07) is 17.9. The number of rotatable bonds is 5. The SMILES string of the molecule is Cc1ccc(-c2ccc(OS(=O)(=O)c3cc(S(C)(=O)=O)ccc3Cl)cc2)cc1. The number of halogens is 1. The fraction of sp³-hybridized carbons (Fsp3) is 0.100. The average molecular weight is 437 g/mol. The van der Waals surface area contributed by atoms with Gasteiger partial charge in [-0.05, 0) is 48.4 Å². The number of hydrogen-bond donors (Lipinski definition) is 0. The Morgan fingerprint density at radius 3 is 1.86 bits per heavy atom. The molecule has 0 N–H and O–H groups in total. The maximum Gasteiger partial charge on any atom is 0.340 e. The molecule has 0 aliphatic heterocycles. The second-order valence-electron chi connectivity index (χ2n) is 6.29. The Labute approximate surface area is 169 Å². The zero-order valence-corrected chi connectivity index (χ0v) is 17.5. The van der Waals surface area contributed by atoms with Crippen LogP contribution in [-0.2, 0) is 20.0 Å². The van der Waals surface area contributed by atoms with Crippen molar-refractivity contribution in [2.24, 2.45) is 0 Å². The highest BCUT2D eigenvalue weighted by molar-refractivity contribution is 7.90. The van der Waals surface area contributed by atoms with Gasteiger partial charge in [-0.15, -0.1) is 0 Å². The van der Waals surface area contributed by atoms with Gasteiger partial charge in [0, 0.05) is 6.26 Å². The molecular formula is C20H17ClO5S2. The molecule has 3 aromatic carbocycles. The lowest BCUT2D eigenvalue weighted by molar-refractivity contribution is 0.486. The molecule has 0 unspecified atom stereocenters. The van der Waals surface area contributed by atoms with Gasteiger partial charge in [0.1, 0.15) is 10.6 Å². The summed E-state index contributed by atoms with van der Waals surface area (Å²) in [6.07, 6.45) is 0.983. The van der Waals surface area contributed by atoms with Crippen molar-refractivity contribution in [2.45, 2.75) is 16.7 Å². The van der Waals surface area contributed by atoms with Crippen molar-refractivity contribution in [3.8, 4) is 16.9 Å². The molecule has 0 aliphatic carbocycles. The van der Waals surface area contributed by atoms with Gasteiger partial charge >= 0.3 is 10.1 Å². The number of aryl methyl sites for hydroxylation is 1. The van der Waals surface area contributed by atoms with Gasteiger partial charge < -0.3 is 4.18 Å². The molecular weight excluding hydrogens is 420 g/mol. The monoisotopic (exact) mass is 436 g/mol. The van der Waals surface area contributed by atoms with Gasteiger partial charge in [-0.1, -0.05) is 53.6 Å². The van der Waals surface area contributed by atoms with E-state index in [1.165, 1.54) is 24.3 Å². The van der Waals surface area contributed by atoms with Crippen LogP contribution in [0.25, 0.3) is 11.1 Å². The second-order valence-corrected chi connectivity index (χ2v) is 10.2. The highest BCUT2D eigenvalue weighted by Gasteiger charge is 2.23. The molecule has 146 valence electrons. The Balaban J connectivity index is 1.90. The van der Waals surface area contributed by atoms with Gasteiger partial charge in [0.15, 0.2) is 9.84 Å². The van der Waals surface area contributed by atoms with Crippen molar-refractivity contribution in [2.75, 3.05) is 6.26 Å². The molecule has 0 spiro atoms. The van der Waals surface area contributed by atoms with Crippen LogP contribution in [0.4, 0.5) is 0 Å². The van der Waals surface area contributed by atoms with Crippen LogP contribution in [0.15, 0.2) is 76.5 Å². The minimum atomic E-state index is -4.31. The Morgan fingerprint density at radius 1 is 0.786 bits per heavy atom. The van der Waals surface area contributed by atoms with Gasteiger partial charge in [0.25, 0.3) is 0 Å². The van der Waals surface area contributed by atoms with E-state index < -0.39 is 24.9 Å². The molecule has 0 heterocycles. The minimum Gasteiger partial charge on any atom is -0.379 e. The third-order valence-corrected chi connectivity index (χ3v) is 6.89. The van der Waals surface area contributed by atoms with Crippen molar-refractivity contribution in [3.63, 3.8) is 0 Å². The molecule has 0 fully saturated rings. The lowest BCUT2D eigenvalue weighted by Gasteiger charge is -2.10. The average Bonchev–Trinajstić information content (AvgIpc) is 2.62. The van der Waals surface area contributed by atoms with E-state index in [0.717, 1.165) is 29.0 Å². The van der Waals surface area contributed by atoms with Gasteiger partial charge in [-0.25, -0.2) is 8.42 Å². The number of hydrogen-bond acceptors (Lipinski definition) is 5. The van der Waals surface area contributed by atoms with Crippen LogP contribution in [0.2, 0.25) is 5.02 Å². The van der Waals surface area contributed by atoms with E-state index in [1.54, 1.807) is 12.1 Å². The molecule has 3 aromatic rings. The summed E-state index contributed by atoms with van der Waals surface area (Å²) in [6.45, 7) is 2.00. The molecule has 0 aromatic heterocycles. The highest BCUT2D eigenvalue weighted by Crippen LogP contribution is 2.29. The van der Waals surface area contributed by atoms with E-state index in [1.807, 2.05) is 31.2 Å². The van der Waals surface area contributed by atoms with Gasteiger partial charge in [0.2, 0.25) is 0 Å². The van der Waals surface area contributed by atoms with E-state index >= 15 is 0 Å². The predicted octanol–water partition coefficient (Wildman–Crippen LogP) is 4.49. The van der Waals surface area contributed by atoms with Crippen molar-refractivity contribution >= 4 is 31.6 Å². The van der Waals surface area contributed by atoms with E-state index in [2.05, 4.69) is 0 Å². The molecule has 0 amide bonds. The molecule has 5 nitrogen and oxygen atoms in total. The molecule has 0 bridgehead atoms. The number of sulfone groups is 1. The van der Waals surface area contributed by atoms with Crippen LogP contribution in [0.5, 0.6) is 5.75 Å². The highest BCUT2D eigenvalue weighted by atomic mass is 35.5. The Hall–Kier alpha value is -2.35. The smallest absolute Gasteiger partial charge is 0.340 e. The molecule has 0 saturated carbocycles. The van der Waals surface area contributed by atoms with Gasteiger partial charge in [-0.3, -0.25) is 0 Å². The zero-order valence-electron chi connectivity index (χ0n) is 15.1. The van der Waals surface area contributed by atoms with Crippen molar-refractivity contribution in [1.29, 1.82) is 0 Å². The molecule has 0 aliphatic rings. The maximum atomic E-state index is 12.6. The number of benzene rings is 3.